The normalized spacial score (nSPS) is 11.9. The summed E-state index contributed by atoms with van der Waals surface area (Å²) in [5, 5.41) is 11.8. The lowest BCUT2D eigenvalue weighted by molar-refractivity contribution is -0.136. The number of aldehydes is 1. The second-order valence-electron chi connectivity index (χ2n) is 9.62. The van der Waals surface area contributed by atoms with Gasteiger partial charge >= 0.3 is 12.1 Å². The van der Waals surface area contributed by atoms with E-state index in [1.807, 2.05) is 0 Å². The van der Waals surface area contributed by atoms with E-state index in [4.69, 9.17) is 14.6 Å². The molecule has 1 unspecified atom stereocenters. The number of aliphatic carboxylic acids is 1. The average Bonchev–Trinajstić information content (AvgIpc) is 2.81. The molecule has 0 spiro atoms. The molecule has 0 bridgehead atoms. The Kier molecular flexibility index (Phi) is 8.65. The Labute approximate surface area is 215 Å². The van der Waals surface area contributed by atoms with Gasteiger partial charge < -0.3 is 19.9 Å². The molecular weight excluding hydrogens is 477 g/mol. The number of halogens is 1. The maximum absolute atomic E-state index is 15.6. The molecule has 37 heavy (non-hydrogen) atoms. The molecule has 8 heteroatoms. The van der Waals surface area contributed by atoms with E-state index >= 15 is 4.39 Å². The van der Waals surface area contributed by atoms with Crippen molar-refractivity contribution in [1.29, 1.82) is 0 Å². The number of alkyl carbamates (subject to hydrolysis) is 1. The molecule has 194 valence electrons. The fraction of sp³-hybridized carbons (Fsp3) is 0.276. The van der Waals surface area contributed by atoms with Crippen molar-refractivity contribution in [1.82, 2.24) is 5.32 Å². The zero-order valence-corrected chi connectivity index (χ0v) is 21.2. The highest BCUT2D eigenvalue weighted by atomic mass is 19.1. The summed E-state index contributed by atoms with van der Waals surface area (Å²) in [5.41, 5.74) is 1.75. The van der Waals surface area contributed by atoms with Crippen LogP contribution in [0, 0.1) is 5.82 Å². The first kappa shape index (κ1) is 27.4. The van der Waals surface area contributed by atoms with Crippen molar-refractivity contribution in [2.45, 2.75) is 52.4 Å². The smallest absolute Gasteiger partial charge is 0.408 e. The van der Waals surface area contributed by atoms with Gasteiger partial charge in [-0.05, 0) is 63.1 Å². The number of carbonyl (C=O) groups is 3. The number of amides is 1. The van der Waals surface area contributed by atoms with Crippen LogP contribution in [0.15, 0.2) is 60.7 Å². The van der Waals surface area contributed by atoms with Crippen LogP contribution in [0.4, 0.5) is 9.18 Å². The van der Waals surface area contributed by atoms with Crippen LogP contribution < -0.4 is 10.1 Å². The van der Waals surface area contributed by atoms with Crippen LogP contribution >= 0.6 is 0 Å². The maximum atomic E-state index is 15.6. The van der Waals surface area contributed by atoms with E-state index in [0.717, 1.165) is 0 Å². The SMILES string of the molecule is CC(NC(=O)OC(C)(C)C)c1cccc(-c2cc(C=O)cc(COc3ccccc3CC(=O)O)c2)c1F. The van der Waals surface area contributed by atoms with Gasteiger partial charge in [0.05, 0.1) is 12.5 Å². The molecule has 0 aliphatic carbocycles. The van der Waals surface area contributed by atoms with Gasteiger partial charge in [0.2, 0.25) is 0 Å². The van der Waals surface area contributed by atoms with Crippen LogP contribution in [0.2, 0.25) is 0 Å². The quantitative estimate of drug-likeness (QED) is 0.340. The Balaban J connectivity index is 1.87. The van der Waals surface area contributed by atoms with Crippen LogP contribution in [-0.2, 0) is 22.6 Å². The molecule has 3 rings (SSSR count). The predicted molar refractivity (Wildman–Crippen MR) is 137 cm³/mol. The van der Waals surface area contributed by atoms with E-state index in [2.05, 4.69) is 5.32 Å². The highest BCUT2D eigenvalue weighted by Gasteiger charge is 2.21. The molecule has 2 N–H and O–H groups in total. The summed E-state index contributed by atoms with van der Waals surface area (Å²) >= 11 is 0. The first-order valence-corrected chi connectivity index (χ1v) is 11.8. The summed E-state index contributed by atoms with van der Waals surface area (Å²) in [5.74, 6) is -1.10. The van der Waals surface area contributed by atoms with Gasteiger partial charge in [-0.3, -0.25) is 9.59 Å². The van der Waals surface area contributed by atoms with Gasteiger partial charge in [0.25, 0.3) is 0 Å². The molecule has 1 amide bonds. The molecule has 0 aliphatic heterocycles. The van der Waals surface area contributed by atoms with Crippen LogP contribution in [-0.4, -0.2) is 29.1 Å². The molecule has 0 saturated carbocycles. The molecule has 0 aliphatic rings. The Morgan fingerprint density at radius 2 is 1.81 bits per heavy atom. The third-order valence-corrected chi connectivity index (χ3v) is 5.40. The lowest BCUT2D eigenvalue weighted by atomic mass is 9.96. The molecule has 0 saturated heterocycles. The number of hydrogen-bond acceptors (Lipinski definition) is 5. The number of ether oxygens (including phenoxy) is 2. The second kappa shape index (κ2) is 11.7. The Morgan fingerprint density at radius 1 is 1.08 bits per heavy atom. The van der Waals surface area contributed by atoms with Crippen molar-refractivity contribution in [2.75, 3.05) is 0 Å². The highest BCUT2D eigenvalue weighted by molar-refractivity contribution is 5.80. The number of carboxylic acids is 1. The standard InChI is InChI=1S/C29H30FNO6/c1-18(31-28(35)37-29(2,3)4)23-9-7-10-24(27(23)30)22-13-19(16-32)12-20(14-22)17-36-25-11-6-5-8-21(25)15-26(33)34/h5-14,16,18H,15,17H2,1-4H3,(H,31,35)(H,33,34). The number of benzene rings is 3. The lowest BCUT2D eigenvalue weighted by Gasteiger charge is -2.22. The molecule has 0 fully saturated rings. The summed E-state index contributed by atoms with van der Waals surface area (Å²) in [6, 6.07) is 15.9. The minimum absolute atomic E-state index is 0.0449. The highest BCUT2D eigenvalue weighted by Crippen LogP contribution is 2.30. The zero-order chi connectivity index (χ0) is 27.2. The van der Waals surface area contributed by atoms with Gasteiger partial charge in [-0.25, -0.2) is 9.18 Å². The lowest BCUT2D eigenvalue weighted by Crippen LogP contribution is -2.34. The minimum atomic E-state index is -0.980. The summed E-state index contributed by atoms with van der Waals surface area (Å²) in [6.45, 7) is 6.92. The monoisotopic (exact) mass is 507 g/mol. The Hall–Kier alpha value is -4.20. The van der Waals surface area contributed by atoms with Crippen LogP contribution in [0.5, 0.6) is 5.75 Å². The number of carboxylic acid groups (broad SMARTS) is 1. The Bertz CT molecular complexity index is 1300. The summed E-state index contributed by atoms with van der Waals surface area (Å²) < 4.78 is 26.7. The van der Waals surface area contributed by atoms with Crippen molar-refractivity contribution < 1.29 is 33.4 Å². The third-order valence-electron chi connectivity index (χ3n) is 5.40. The predicted octanol–water partition coefficient (Wildman–Crippen LogP) is 6.10. The van der Waals surface area contributed by atoms with Crippen LogP contribution in [0.25, 0.3) is 11.1 Å². The number of carbonyl (C=O) groups excluding carboxylic acids is 2. The molecule has 3 aromatic rings. The fourth-order valence-electron chi connectivity index (χ4n) is 3.81. The van der Waals surface area contributed by atoms with E-state index in [9.17, 15) is 14.4 Å². The largest absolute Gasteiger partial charge is 0.489 e. The topological polar surface area (TPSA) is 102 Å². The Morgan fingerprint density at radius 3 is 2.49 bits per heavy atom. The fourth-order valence-corrected chi connectivity index (χ4v) is 3.81. The van der Waals surface area contributed by atoms with E-state index in [0.29, 0.717) is 34.3 Å². The molecule has 0 radical (unpaired) electrons. The van der Waals surface area contributed by atoms with E-state index in [1.165, 1.54) is 0 Å². The molecule has 7 nitrogen and oxygen atoms in total. The number of para-hydroxylation sites is 1. The number of nitrogens with one attached hydrogen (secondary N) is 1. The molecule has 0 heterocycles. The molecule has 1 atom stereocenters. The van der Waals surface area contributed by atoms with Crippen molar-refractivity contribution in [2.24, 2.45) is 0 Å². The van der Waals surface area contributed by atoms with Crippen molar-refractivity contribution in [3.63, 3.8) is 0 Å². The summed E-state index contributed by atoms with van der Waals surface area (Å²) in [6.07, 6.45) is -0.182. The third kappa shape index (κ3) is 7.64. The average molecular weight is 508 g/mol. The van der Waals surface area contributed by atoms with E-state index < -0.39 is 29.5 Å². The van der Waals surface area contributed by atoms with Gasteiger partial charge in [0.15, 0.2) is 0 Å². The van der Waals surface area contributed by atoms with Crippen LogP contribution in [0.1, 0.15) is 60.8 Å². The van der Waals surface area contributed by atoms with Crippen molar-refractivity contribution in [3.05, 3.63) is 88.7 Å². The molecule has 3 aromatic carbocycles. The van der Waals surface area contributed by atoms with Crippen molar-refractivity contribution in [3.8, 4) is 16.9 Å². The number of rotatable bonds is 9. The molecular formula is C29H30FNO6. The van der Waals surface area contributed by atoms with Gasteiger partial charge in [0.1, 0.15) is 30.1 Å². The number of hydrogen-bond donors (Lipinski definition) is 2. The van der Waals surface area contributed by atoms with Crippen molar-refractivity contribution >= 4 is 18.3 Å². The summed E-state index contributed by atoms with van der Waals surface area (Å²) in [7, 11) is 0. The minimum Gasteiger partial charge on any atom is -0.489 e. The zero-order valence-electron chi connectivity index (χ0n) is 21.2. The first-order valence-electron chi connectivity index (χ1n) is 11.8. The van der Waals surface area contributed by atoms with Gasteiger partial charge in [-0.15, -0.1) is 0 Å². The van der Waals surface area contributed by atoms with Gasteiger partial charge in [-0.1, -0.05) is 36.4 Å². The van der Waals surface area contributed by atoms with Crippen LogP contribution in [0.3, 0.4) is 0 Å². The van der Waals surface area contributed by atoms with Gasteiger partial charge in [-0.2, -0.15) is 0 Å². The summed E-state index contributed by atoms with van der Waals surface area (Å²) in [4.78, 5) is 34.9. The molecule has 0 aromatic heterocycles. The van der Waals surface area contributed by atoms with E-state index in [-0.39, 0.29) is 24.2 Å². The first-order chi connectivity index (χ1) is 17.5. The maximum Gasteiger partial charge on any atom is 0.408 e. The van der Waals surface area contributed by atoms with Gasteiger partial charge in [0, 0.05) is 22.3 Å². The second-order valence-corrected chi connectivity index (χ2v) is 9.62. The van der Waals surface area contributed by atoms with E-state index in [1.54, 1.807) is 88.4 Å².